The number of carbonyl (C=O) groups is 1. The molecule has 1 aromatic heterocycles. The standard InChI is InChI=1S/C15H15NO4/c1-18-13-6-11(9-17)12(8-14(13)19-2)10-4-5-16-15(7-10)20-3/h4-9H,1-3H3. The highest BCUT2D eigenvalue weighted by Gasteiger charge is 2.13. The van der Waals surface area contributed by atoms with Crippen LogP contribution in [0.3, 0.4) is 0 Å². The van der Waals surface area contributed by atoms with Crippen molar-refractivity contribution in [2.75, 3.05) is 21.3 Å². The van der Waals surface area contributed by atoms with Gasteiger partial charge in [0.05, 0.1) is 21.3 Å². The number of aldehydes is 1. The summed E-state index contributed by atoms with van der Waals surface area (Å²) in [6.07, 6.45) is 2.41. The highest BCUT2D eigenvalue weighted by molar-refractivity contribution is 5.89. The molecule has 20 heavy (non-hydrogen) atoms. The Hall–Kier alpha value is -2.56. The van der Waals surface area contributed by atoms with E-state index in [4.69, 9.17) is 14.2 Å². The Labute approximate surface area is 117 Å². The largest absolute Gasteiger partial charge is 0.493 e. The Morgan fingerprint density at radius 1 is 1.00 bits per heavy atom. The molecule has 0 aliphatic carbocycles. The molecule has 2 aromatic rings. The topological polar surface area (TPSA) is 57.7 Å². The minimum absolute atomic E-state index is 0.481. The molecule has 0 N–H and O–H groups in total. The third-order valence-corrected chi connectivity index (χ3v) is 2.94. The van der Waals surface area contributed by atoms with Crippen LogP contribution in [0.25, 0.3) is 11.1 Å². The van der Waals surface area contributed by atoms with Crippen molar-refractivity contribution in [1.82, 2.24) is 4.98 Å². The molecule has 0 fully saturated rings. The summed E-state index contributed by atoms with van der Waals surface area (Å²) in [6.45, 7) is 0. The zero-order chi connectivity index (χ0) is 14.5. The van der Waals surface area contributed by atoms with Crippen molar-refractivity contribution in [3.63, 3.8) is 0 Å². The molecule has 0 aliphatic heterocycles. The van der Waals surface area contributed by atoms with Crippen molar-refractivity contribution in [1.29, 1.82) is 0 Å². The van der Waals surface area contributed by atoms with Gasteiger partial charge < -0.3 is 14.2 Å². The van der Waals surface area contributed by atoms with Gasteiger partial charge in [0, 0.05) is 17.8 Å². The Balaban J connectivity index is 2.62. The lowest BCUT2D eigenvalue weighted by molar-refractivity contribution is 0.112. The number of ether oxygens (including phenoxy) is 3. The third-order valence-electron chi connectivity index (χ3n) is 2.94. The van der Waals surface area contributed by atoms with Crippen LogP contribution in [0.15, 0.2) is 30.5 Å². The number of pyridine rings is 1. The molecule has 1 heterocycles. The van der Waals surface area contributed by atoms with Gasteiger partial charge in [-0.1, -0.05) is 0 Å². The second kappa shape index (κ2) is 6.06. The molecule has 0 spiro atoms. The molecule has 0 unspecified atom stereocenters. The van der Waals surface area contributed by atoms with Gasteiger partial charge in [-0.25, -0.2) is 4.98 Å². The average molecular weight is 273 g/mol. The first-order chi connectivity index (χ1) is 9.73. The van der Waals surface area contributed by atoms with Gasteiger partial charge in [-0.3, -0.25) is 4.79 Å². The van der Waals surface area contributed by atoms with Crippen molar-refractivity contribution >= 4 is 6.29 Å². The Bertz CT molecular complexity index is 625. The average Bonchev–Trinajstić information content (AvgIpc) is 2.53. The van der Waals surface area contributed by atoms with Crippen LogP contribution in [-0.2, 0) is 0 Å². The van der Waals surface area contributed by atoms with Crippen LogP contribution in [0.5, 0.6) is 17.4 Å². The monoisotopic (exact) mass is 273 g/mol. The zero-order valence-corrected chi connectivity index (χ0v) is 11.5. The van der Waals surface area contributed by atoms with E-state index < -0.39 is 0 Å². The van der Waals surface area contributed by atoms with E-state index in [1.54, 1.807) is 44.7 Å². The fourth-order valence-corrected chi connectivity index (χ4v) is 1.93. The Morgan fingerprint density at radius 3 is 2.30 bits per heavy atom. The van der Waals surface area contributed by atoms with E-state index in [0.29, 0.717) is 22.9 Å². The molecule has 0 saturated heterocycles. The lowest BCUT2D eigenvalue weighted by Crippen LogP contribution is -1.96. The molecule has 0 bridgehead atoms. The van der Waals surface area contributed by atoms with Crippen molar-refractivity contribution in [2.45, 2.75) is 0 Å². The van der Waals surface area contributed by atoms with Crippen LogP contribution in [0.4, 0.5) is 0 Å². The predicted molar refractivity (Wildman–Crippen MR) is 74.7 cm³/mol. The highest BCUT2D eigenvalue weighted by Crippen LogP contribution is 2.35. The summed E-state index contributed by atoms with van der Waals surface area (Å²) in [5, 5.41) is 0. The van der Waals surface area contributed by atoms with Gasteiger partial charge in [-0.2, -0.15) is 0 Å². The van der Waals surface area contributed by atoms with Gasteiger partial charge in [0.2, 0.25) is 5.88 Å². The number of nitrogens with zero attached hydrogens (tertiary/aromatic N) is 1. The molecule has 0 saturated carbocycles. The number of hydrogen-bond donors (Lipinski definition) is 0. The number of rotatable bonds is 5. The summed E-state index contributed by atoms with van der Waals surface area (Å²) in [5.41, 5.74) is 2.06. The molecule has 0 radical (unpaired) electrons. The third kappa shape index (κ3) is 2.56. The Morgan fingerprint density at radius 2 is 1.70 bits per heavy atom. The summed E-state index contributed by atoms with van der Waals surface area (Å²) >= 11 is 0. The van der Waals surface area contributed by atoms with E-state index in [9.17, 15) is 4.79 Å². The molecule has 0 atom stereocenters. The van der Waals surface area contributed by atoms with Gasteiger partial charge in [-0.05, 0) is 29.3 Å². The first-order valence-corrected chi connectivity index (χ1v) is 5.95. The summed E-state index contributed by atoms with van der Waals surface area (Å²) < 4.78 is 15.6. The quantitative estimate of drug-likeness (QED) is 0.784. The number of methoxy groups -OCH3 is 3. The molecule has 2 rings (SSSR count). The fourth-order valence-electron chi connectivity index (χ4n) is 1.93. The zero-order valence-electron chi connectivity index (χ0n) is 11.5. The fraction of sp³-hybridized carbons (Fsp3) is 0.200. The summed E-state index contributed by atoms with van der Waals surface area (Å²) in [5.74, 6) is 1.55. The van der Waals surface area contributed by atoms with Crippen LogP contribution in [0.1, 0.15) is 10.4 Å². The lowest BCUT2D eigenvalue weighted by Gasteiger charge is -2.12. The number of benzene rings is 1. The molecule has 1 aromatic carbocycles. The van der Waals surface area contributed by atoms with Gasteiger partial charge in [-0.15, -0.1) is 0 Å². The van der Waals surface area contributed by atoms with Crippen LogP contribution >= 0.6 is 0 Å². The van der Waals surface area contributed by atoms with Crippen LogP contribution in [-0.4, -0.2) is 32.6 Å². The Kier molecular flexibility index (Phi) is 4.20. The van der Waals surface area contributed by atoms with E-state index in [1.807, 2.05) is 0 Å². The van der Waals surface area contributed by atoms with Crippen molar-refractivity contribution in [3.8, 4) is 28.5 Å². The van der Waals surface area contributed by atoms with Gasteiger partial charge in [0.1, 0.15) is 0 Å². The van der Waals surface area contributed by atoms with Gasteiger partial charge in [0.15, 0.2) is 17.8 Å². The van der Waals surface area contributed by atoms with Crippen molar-refractivity contribution in [2.24, 2.45) is 0 Å². The number of carbonyl (C=O) groups excluding carboxylic acids is 1. The number of hydrogen-bond acceptors (Lipinski definition) is 5. The maximum Gasteiger partial charge on any atom is 0.213 e. The normalized spacial score (nSPS) is 9.95. The minimum atomic E-state index is 0.481. The summed E-state index contributed by atoms with van der Waals surface area (Å²) in [6, 6.07) is 6.97. The van der Waals surface area contributed by atoms with Crippen LogP contribution < -0.4 is 14.2 Å². The van der Waals surface area contributed by atoms with E-state index in [2.05, 4.69) is 4.98 Å². The van der Waals surface area contributed by atoms with Crippen molar-refractivity contribution in [3.05, 3.63) is 36.0 Å². The highest BCUT2D eigenvalue weighted by atomic mass is 16.5. The second-order valence-electron chi connectivity index (χ2n) is 4.00. The molecule has 0 aliphatic rings. The van der Waals surface area contributed by atoms with Crippen molar-refractivity contribution < 1.29 is 19.0 Å². The number of aromatic nitrogens is 1. The van der Waals surface area contributed by atoms with Gasteiger partial charge in [0.25, 0.3) is 0 Å². The first-order valence-electron chi connectivity index (χ1n) is 5.95. The molecule has 104 valence electrons. The molecular weight excluding hydrogens is 258 g/mol. The lowest BCUT2D eigenvalue weighted by atomic mass is 10.0. The van der Waals surface area contributed by atoms with E-state index in [1.165, 1.54) is 7.11 Å². The molecule has 5 nitrogen and oxygen atoms in total. The van der Waals surface area contributed by atoms with Gasteiger partial charge >= 0.3 is 0 Å². The molecular formula is C15H15NO4. The SMILES string of the molecule is COc1cc(-c2cc(OC)c(OC)cc2C=O)ccn1. The first kappa shape index (κ1) is 13.9. The molecule has 0 amide bonds. The second-order valence-corrected chi connectivity index (χ2v) is 4.00. The van der Waals surface area contributed by atoms with E-state index in [0.717, 1.165) is 17.4 Å². The van der Waals surface area contributed by atoms with E-state index >= 15 is 0 Å². The minimum Gasteiger partial charge on any atom is -0.493 e. The van der Waals surface area contributed by atoms with E-state index in [-0.39, 0.29) is 0 Å². The molecule has 5 heteroatoms. The van der Waals surface area contributed by atoms with Crippen LogP contribution in [0.2, 0.25) is 0 Å². The maximum absolute atomic E-state index is 11.3. The smallest absolute Gasteiger partial charge is 0.213 e. The maximum atomic E-state index is 11.3. The predicted octanol–water partition coefficient (Wildman–Crippen LogP) is 2.59. The van der Waals surface area contributed by atoms with Crippen LogP contribution in [0, 0.1) is 0 Å². The summed E-state index contributed by atoms with van der Waals surface area (Å²) in [4.78, 5) is 15.3. The summed E-state index contributed by atoms with van der Waals surface area (Å²) in [7, 11) is 4.62.